The molecular weight excluding hydrogens is 193 g/mol. The lowest BCUT2D eigenvalue weighted by atomic mass is 9.75. The first kappa shape index (κ1) is 9.52. The molecule has 0 saturated heterocycles. The highest BCUT2D eigenvalue weighted by atomic mass is 19.4. The van der Waals surface area contributed by atoms with Crippen LogP contribution in [0.1, 0.15) is 22.6 Å². The molecule has 0 spiro atoms. The number of rotatable bonds is 1. The number of hydrogen-bond acceptors (Lipinski definition) is 1. The summed E-state index contributed by atoms with van der Waals surface area (Å²) in [6.07, 6.45) is -3.94. The molecule has 1 N–H and O–H groups in total. The minimum absolute atomic E-state index is 0.0751. The standard InChI is InChI=1S/C10H9F3O/c11-10(12,13)9-3-1-2-7-6(5-14)4-8(7)9/h1-3,6,14H,4-5H2. The fraction of sp³-hybridized carbons (Fsp3) is 0.400. The molecule has 1 unspecified atom stereocenters. The van der Waals surface area contributed by atoms with Gasteiger partial charge in [-0.15, -0.1) is 0 Å². The van der Waals surface area contributed by atoms with Gasteiger partial charge in [-0.3, -0.25) is 0 Å². The lowest BCUT2D eigenvalue weighted by Gasteiger charge is -2.31. The maximum atomic E-state index is 12.4. The van der Waals surface area contributed by atoms with Crippen molar-refractivity contribution in [2.75, 3.05) is 6.61 Å². The predicted molar refractivity (Wildman–Crippen MR) is 45.0 cm³/mol. The fourth-order valence-electron chi connectivity index (χ4n) is 1.87. The van der Waals surface area contributed by atoms with Gasteiger partial charge in [-0.2, -0.15) is 13.2 Å². The number of aliphatic hydroxyl groups excluding tert-OH is 1. The quantitative estimate of drug-likeness (QED) is 0.741. The van der Waals surface area contributed by atoms with E-state index >= 15 is 0 Å². The number of benzene rings is 1. The zero-order valence-electron chi connectivity index (χ0n) is 7.30. The van der Waals surface area contributed by atoms with Crippen LogP contribution in [0.2, 0.25) is 0 Å². The van der Waals surface area contributed by atoms with Crippen molar-refractivity contribution in [3.63, 3.8) is 0 Å². The molecule has 1 nitrogen and oxygen atoms in total. The highest BCUT2D eigenvalue weighted by Gasteiger charge is 2.38. The van der Waals surface area contributed by atoms with Crippen molar-refractivity contribution in [1.29, 1.82) is 0 Å². The Morgan fingerprint density at radius 2 is 2.07 bits per heavy atom. The van der Waals surface area contributed by atoms with E-state index in [0.717, 1.165) is 6.07 Å². The van der Waals surface area contributed by atoms with Crippen LogP contribution in [0.3, 0.4) is 0 Å². The molecule has 0 aliphatic heterocycles. The summed E-state index contributed by atoms with van der Waals surface area (Å²) in [7, 11) is 0. The summed E-state index contributed by atoms with van der Waals surface area (Å²) in [4.78, 5) is 0. The topological polar surface area (TPSA) is 20.2 Å². The molecule has 1 aliphatic carbocycles. The number of halogens is 3. The third-order valence-corrected chi connectivity index (χ3v) is 2.63. The van der Waals surface area contributed by atoms with Crippen LogP contribution in [-0.4, -0.2) is 11.7 Å². The largest absolute Gasteiger partial charge is 0.416 e. The van der Waals surface area contributed by atoms with Gasteiger partial charge in [-0.25, -0.2) is 0 Å². The Balaban J connectivity index is 2.43. The summed E-state index contributed by atoms with van der Waals surface area (Å²) in [5.41, 5.74) is 0.432. The first-order valence-electron chi connectivity index (χ1n) is 4.34. The summed E-state index contributed by atoms with van der Waals surface area (Å²) in [5.74, 6) is -0.104. The number of aliphatic hydroxyl groups is 1. The molecule has 14 heavy (non-hydrogen) atoms. The molecule has 1 aliphatic rings. The normalized spacial score (nSPS) is 20.1. The second kappa shape index (κ2) is 2.98. The molecule has 4 heteroatoms. The Bertz CT molecular complexity index is 357. The van der Waals surface area contributed by atoms with E-state index in [9.17, 15) is 13.2 Å². The van der Waals surface area contributed by atoms with Gasteiger partial charge in [0.1, 0.15) is 0 Å². The van der Waals surface area contributed by atoms with Crippen LogP contribution >= 0.6 is 0 Å². The van der Waals surface area contributed by atoms with Crippen LogP contribution in [0.4, 0.5) is 13.2 Å². The maximum Gasteiger partial charge on any atom is 0.416 e. The first-order valence-corrected chi connectivity index (χ1v) is 4.34. The van der Waals surface area contributed by atoms with E-state index in [1.807, 2.05) is 0 Å². The SMILES string of the molecule is OCC1Cc2c1cccc2C(F)(F)F. The Morgan fingerprint density at radius 3 is 2.64 bits per heavy atom. The van der Waals surface area contributed by atoms with Crippen molar-refractivity contribution in [2.24, 2.45) is 0 Å². The molecule has 0 radical (unpaired) electrons. The molecule has 0 bridgehead atoms. The van der Waals surface area contributed by atoms with Gasteiger partial charge in [0.05, 0.1) is 12.2 Å². The Labute approximate surface area is 79.2 Å². The minimum Gasteiger partial charge on any atom is -0.396 e. The van der Waals surface area contributed by atoms with Gasteiger partial charge >= 0.3 is 6.18 Å². The van der Waals surface area contributed by atoms with Crippen LogP contribution in [0.5, 0.6) is 0 Å². The van der Waals surface area contributed by atoms with Crippen molar-refractivity contribution < 1.29 is 18.3 Å². The molecule has 0 heterocycles. The van der Waals surface area contributed by atoms with E-state index in [1.165, 1.54) is 6.07 Å². The lowest BCUT2D eigenvalue weighted by Crippen LogP contribution is -2.25. The monoisotopic (exact) mass is 202 g/mol. The summed E-state index contributed by atoms with van der Waals surface area (Å²) in [6, 6.07) is 4.13. The van der Waals surface area contributed by atoms with Gasteiger partial charge in [0.2, 0.25) is 0 Å². The number of fused-ring (bicyclic) bond motifs is 1. The van der Waals surface area contributed by atoms with Crippen molar-refractivity contribution in [1.82, 2.24) is 0 Å². The van der Waals surface area contributed by atoms with E-state index in [1.54, 1.807) is 6.07 Å². The van der Waals surface area contributed by atoms with E-state index in [-0.39, 0.29) is 12.5 Å². The van der Waals surface area contributed by atoms with Crippen molar-refractivity contribution >= 4 is 0 Å². The van der Waals surface area contributed by atoms with Crippen LogP contribution in [0, 0.1) is 0 Å². The van der Waals surface area contributed by atoms with Gasteiger partial charge in [0.25, 0.3) is 0 Å². The average Bonchev–Trinajstić information content (AvgIpc) is 2.05. The summed E-state index contributed by atoms with van der Waals surface area (Å²) < 4.78 is 37.3. The zero-order chi connectivity index (χ0) is 10.3. The second-order valence-corrected chi connectivity index (χ2v) is 3.45. The first-order chi connectivity index (χ1) is 6.54. The van der Waals surface area contributed by atoms with Gasteiger partial charge in [-0.1, -0.05) is 12.1 Å². The molecule has 2 rings (SSSR count). The molecule has 0 fully saturated rings. The van der Waals surface area contributed by atoms with Gasteiger partial charge < -0.3 is 5.11 Å². The molecule has 0 saturated carbocycles. The Hall–Kier alpha value is -1.03. The molecule has 1 aromatic rings. The average molecular weight is 202 g/mol. The third kappa shape index (κ3) is 1.30. The Kier molecular flexibility index (Phi) is 2.03. The zero-order valence-corrected chi connectivity index (χ0v) is 7.30. The van der Waals surface area contributed by atoms with Gasteiger partial charge in [0, 0.05) is 5.92 Å². The second-order valence-electron chi connectivity index (χ2n) is 3.45. The summed E-state index contributed by atoms with van der Waals surface area (Å²) in [5, 5.41) is 8.85. The van der Waals surface area contributed by atoms with Crippen LogP contribution < -0.4 is 0 Å². The highest BCUT2D eigenvalue weighted by Crippen LogP contribution is 2.42. The van der Waals surface area contributed by atoms with Crippen molar-refractivity contribution in [3.05, 3.63) is 34.9 Å². The van der Waals surface area contributed by atoms with Crippen molar-refractivity contribution in [3.8, 4) is 0 Å². The molecule has 1 atom stereocenters. The molecule has 0 amide bonds. The maximum absolute atomic E-state index is 12.4. The van der Waals surface area contributed by atoms with Crippen LogP contribution in [0.15, 0.2) is 18.2 Å². The van der Waals surface area contributed by atoms with Crippen LogP contribution in [-0.2, 0) is 12.6 Å². The predicted octanol–water partition coefficient (Wildman–Crippen LogP) is 2.34. The molecule has 1 aromatic carbocycles. The van der Waals surface area contributed by atoms with E-state index in [4.69, 9.17) is 5.11 Å². The smallest absolute Gasteiger partial charge is 0.396 e. The summed E-state index contributed by atoms with van der Waals surface area (Å²) >= 11 is 0. The van der Waals surface area contributed by atoms with E-state index < -0.39 is 11.7 Å². The van der Waals surface area contributed by atoms with Gasteiger partial charge in [0.15, 0.2) is 0 Å². The minimum atomic E-state index is -4.27. The molecular formula is C10H9F3O. The fourth-order valence-corrected chi connectivity index (χ4v) is 1.87. The van der Waals surface area contributed by atoms with Crippen LogP contribution in [0.25, 0.3) is 0 Å². The molecule has 76 valence electrons. The highest BCUT2D eigenvalue weighted by molar-refractivity contribution is 5.46. The molecule has 0 aromatic heterocycles. The number of alkyl halides is 3. The lowest BCUT2D eigenvalue weighted by molar-refractivity contribution is -0.138. The van der Waals surface area contributed by atoms with E-state index in [0.29, 0.717) is 17.5 Å². The summed E-state index contributed by atoms with van der Waals surface area (Å²) in [6.45, 7) is -0.0751. The number of hydrogen-bond donors (Lipinski definition) is 1. The van der Waals surface area contributed by atoms with Crippen molar-refractivity contribution in [2.45, 2.75) is 18.5 Å². The van der Waals surface area contributed by atoms with Gasteiger partial charge in [-0.05, 0) is 23.6 Å². The Morgan fingerprint density at radius 1 is 1.36 bits per heavy atom. The third-order valence-electron chi connectivity index (χ3n) is 2.63. The van der Waals surface area contributed by atoms with E-state index in [2.05, 4.69) is 0 Å².